The Balaban J connectivity index is 2.40. The molecule has 0 unspecified atom stereocenters. The molecule has 0 aromatic carbocycles. The van der Waals surface area contributed by atoms with Gasteiger partial charge in [0.2, 0.25) is 0 Å². The van der Waals surface area contributed by atoms with Crippen LogP contribution < -0.4 is 5.76 Å². The number of carbonyl (C=O) groups is 1. The Labute approximate surface area is 90.5 Å². The van der Waals surface area contributed by atoms with Crippen molar-refractivity contribution in [2.45, 2.75) is 6.54 Å². The molecule has 0 atom stereocenters. The number of nitrogens with zero attached hydrogens (tertiary/aromatic N) is 2. The third-order valence-corrected chi connectivity index (χ3v) is 2.06. The van der Waals surface area contributed by atoms with Crippen LogP contribution in [0.2, 0.25) is 0 Å². The Morgan fingerprint density at radius 2 is 2.44 bits per heavy atom. The highest BCUT2D eigenvalue weighted by atomic mass is 16.5. The lowest BCUT2D eigenvalue weighted by molar-refractivity contribution is -0.123. The molecule has 0 spiro atoms. The van der Waals surface area contributed by atoms with E-state index in [9.17, 15) is 9.59 Å². The van der Waals surface area contributed by atoms with Crippen molar-refractivity contribution in [1.29, 1.82) is 0 Å². The van der Waals surface area contributed by atoms with E-state index < -0.39 is 5.76 Å². The largest absolute Gasteiger partial charge is 0.421 e. The fraction of sp³-hybridized carbons (Fsp3) is 0.300. The predicted octanol–water partition coefficient (Wildman–Crippen LogP) is 0.205. The van der Waals surface area contributed by atoms with E-state index in [2.05, 4.69) is 9.72 Å². The number of fused-ring (bicyclic) bond motifs is 1. The zero-order valence-corrected chi connectivity index (χ0v) is 8.67. The number of pyridine rings is 1. The van der Waals surface area contributed by atoms with Gasteiger partial charge < -0.3 is 9.15 Å². The molecule has 2 rings (SSSR count). The molecule has 0 saturated heterocycles. The highest BCUT2D eigenvalue weighted by Crippen LogP contribution is 2.08. The number of ether oxygens (including phenoxy) is 1. The van der Waals surface area contributed by atoms with E-state index in [4.69, 9.17) is 4.42 Å². The Morgan fingerprint density at radius 1 is 1.62 bits per heavy atom. The third kappa shape index (κ3) is 1.87. The average Bonchev–Trinajstić information content (AvgIpc) is 2.56. The normalized spacial score (nSPS) is 10.8. The number of oxazole rings is 1. The minimum absolute atomic E-state index is 0.0358. The van der Waals surface area contributed by atoms with Gasteiger partial charge in [-0.2, -0.15) is 0 Å². The van der Waals surface area contributed by atoms with Crippen molar-refractivity contribution in [3.63, 3.8) is 0 Å². The molecule has 16 heavy (non-hydrogen) atoms. The third-order valence-electron chi connectivity index (χ3n) is 2.06. The Hall–Kier alpha value is -1.95. The summed E-state index contributed by atoms with van der Waals surface area (Å²) in [5.74, 6) is -0.795. The summed E-state index contributed by atoms with van der Waals surface area (Å²) in [6.07, 6.45) is 1.54. The summed E-state index contributed by atoms with van der Waals surface area (Å²) in [5.41, 5.74) is 0.745. The van der Waals surface area contributed by atoms with Crippen LogP contribution in [-0.2, 0) is 16.1 Å². The van der Waals surface area contributed by atoms with Crippen molar-refractivity contribution in [3.05, 3.63) is 28.9 Å². The molecule has 6 heteroatoms. The second-order valence-electron chi connectivity index (χ2n) is 3.25. The van der Waals surface area contributed by atoms with Crippen LogP contribution in [-0.4, -0.2) is 29.1 Å². The quantitative estimate of drug-likeness (QED) is 0.739. The first-order valence-electron chi connectivity index (χ1n) is 4.67. The first kappa shape index (κ1) is 10.6. The first-order chi connectivity index (χ1) is 7.72. The number of hydrogen-bond acceptors (Lipinski definition) is 5. The zero-order valence-electron chi connectivity index (χ0n) is 8.67. The van der Waals surface area contributed by atoms with Crippen LogP contribution >= 0.6 is 0 Å². The topological polar surface area (TPSA) is 74.3 Å². The van der Waals surface area contributed by atoms with Gasteiger partial charge in [0, 0.05) is 13.3 Å². The molecule has 0 N–H and O–H groups in total. The van der Waals surface area contributed by atoms with E-state index in [1.165, 1.54) is 17.9 Å². The number of ketones is 1. The Kier molecular flexibility index (Phi) is 2.82. The molecule has 0 bridgehead atoms. The highest BCUT2D eigenvalue weighted by molar-refractivity contribution is 5.81. The van der Waals surface area contributed by atoms with Gasteiger partial charge in [-0.25, -0.2) is 9.78 Å². The van der Waals surface area contributed by atoms with Gasteiger partial charge in [0.05, 0.1) is 6.54 Å². The van der Waals surface area contributed by atoms with Gasteiger partial charge in [-0.05, 0) is 12.1 Å². The molecule has 6 nitrogen and oxygen atoms in total. The molecule has 2 aromatic heterocycles. The maximum absolute atomic E-state index is 11.4. The second kappa shape index (κ2) is 4.28. The molecule has 0 aliphatic heterocycles. The summed E-state index contributed by atoms with van der Waals surface area (Å²) in [4.78, 5) is 26.8. The molecule has 0 saturated carbocycles. The Bertz CT molecular complexity index is 569. The number of Topliss-reactive ketones (excluding diaryl/α,β-unsaturated/α-hetero) is 1. The van der Waals surface area contributed by atoms with Crippen molar-refractivity contribution >= 4 is 17.0 Å². The molecule has 0 aliphatic rings. The molecule has 2 heterocycles. The number of methoxy groups -OCH3 is 1. The summed E-state index contributed by atoms with van der Waals surface area (Å²) >= 11 is 0. The molecule has 0 radical (unpaired) electrons. The summed E-state index contributed by atoms with van der Waals surface area (Å²) in [6, 6.07) is 3.29. The van der Waals surface area contributed by atoms with E-state index in [-0.39, 0.29) is 18.9 Å². The van der Waals surface area contributed by atoms with Crippen LogP contribution in [0.1, 0.15) is 0 Å². The number of hydrogen-bond donors (Lipinski definition) is 0. The van der Waals surface area contributed by atoms with Crippen LogP contribution in [0, 0.1) is 0 Å². The van der Waals surface area contributed by atoms with Crippen LogP contribution in [0.4, 0.5) is 0 Å². The molecule has 2 aromatic rings. The van der Waals surface area contributed by atoms with E-state index in [1.54, 1.807) is 12.1 Å². The van der Waals surface area contributed by atoms with E-state index >= 15 is 0 Å². The van der Waals surface area contributed by atoms with Gasteiger partial charge in [-0.1, -0.05) is 0 Å². The van der Waals surface area contributed by atoms with Crippen molar-refractivity contribution < 1.29 is 13.9 Å². The smallest absolute Gasteiger partial charge is 0.406 e. The van der Waals surface area contributed by atoms with Gasteiger partial charge in [0.15, 0.2) is 17.0 Å². The average molecular weight is 222 g/mol. The minimum Gasteiger partial charge on any atom is -0.406 e. The maximum atomic E-state index is 11.4. The highest BCUT2D eigenvalue weighted by Gasteiger charge is 2.12. The summed E-state index contributed by atoms with van der Waals surface area (Å²) < 4.78 is 10.8. The van der Waals surface area contributed by atoms with Crippen LogP contribution in [0.25, 0.3) is 11.2 Å². The summed E-state index contributed by atoms with van der Waals surface area (Å²) in [6.45, 7) is -0.122. The van der Waals surface area contributed by atoms with E-state index in [0.717, 1.165) is 0 Å². The fourth-order valence-corrected chi connectivity index (χ4v) is 1.42. The standard InChI is InChI=1S/C10H10N2O4/c1-15-6-7(13)5-12-9-8(16-10(12)14)3-2-4-11-9/h2-4H,5-6H2,1H3. The molecule has 0 aliphatic carbocycles. The minimum atomic E-state index is -0.585. The lowest BCUT2D eigenvalue weighted by atomic mass is 10.4. The van der Waals surface area contributed by atoms with Gasteiger partial charge >= 0.3 is 5.76 Å². The monoisotopic (exact) mass is 222 g/mol. The summed E-state index contributed by atoms with van der Waals surface area (Å²) in [7, 11) is 1.42. The molecular weight excluding hydrogens is 212 g/mol. The van der Waals surface area contributed by atoms with Crippen molar-refractivity contribution in [2.24, 2.45) is 0 Å². The lowest BCUT2D eigenvalue weighted by Gasteiger charge is -1.99. The number of carbonyl (C=O) groups excluding carboxylic acids is 1. The predicted molar refractivity (Wildman–Crippen MR) is 55.2 cm³/mol. The van der Waals surface area contributed by atoms with Gasteiger partial charge in [0.25, 0.3) is 0 Å². The molecular formula is C10H10N2O4. The van der Waals surface area contributed by atoms with E-state index in [1.807, 2.05) is 0 Å². The second-order valence-corrected chi connectivity index (χ2v) is 3.25. The van der Waals surface area contributed by atoms with Crippen molar-refractivity contribution in [3.8, 4) is 0 Å². The Morgan fingerprint density at radius 3 is 3.19 bits per heavy atom. The van der Waals surface area contributed by atoms with Crippen LogP contribution in [0.3, 0.4) is 0 Å². The molecule has 84 valence electrons. The number of aromatic nitrogens is 2. The molecule has 0 fully saturated rings. The number of rotatable bonds is 4. The SMILES string of the molecule is COCC(=O)Cn1c(=O)oc2cccnc21. The van der Waals surface area contributed by atoms with Gasteiger partial charge in [-0.3, -0.25) is 9.36 Å². The van der Waals surface area contributed by atoms with Gasteiger partial charge in [0.1, 0.15) is 6.61 Å². The van der Waals surface area contributed by atoms with Crippen LogP contribution in [0.15, 0.2) is 27.5 Å². The van der Waals surface area contributed by atoms with Crippen molar-refractivity contribution in [2.75, 3.05) is 13.7 Å². The van der Waals surface area contributed by atoms with E-state index in [0.29, 0.717) is 11.2 Å². The summed E-state index contributed by atoms with van der Waals surface area (Å²) in [5, 5.41) is 0. The maximum Gasteiger partial charge on any atom is 0.421 e. The molecule has 0 amide bonds. The lowest BCUT2D eigenvalue weighted by Crippen LogP contribution is -2.22. The van der Waals surface area contributed by atoms with Crippen LogP contribution in [0.5, 0.6) is 0 Å². The van der Waals surface area contributed by atoms with Crippen molar-refractivity contribution in [1.82, 2.24) is 9.55 Å². The zero-order chi connectivity index (χ0) is 11.5. The fourth-order valence-electron chi connectivity index (χ4n) is 1.42. The first-order valence-corrected chi connectivity index (χ1v) is 4.67. The van der Waals surface area contributed by atoms with Gasteiger partial charge in [-0.15, -0.1) is 0 Å².